The third-order valence-corrected chi connectivity index (χ3v) is 5.62. The molecule has 0 fully saturated rings. The molecule has 2 aromatic carbocycles. The molecule has 162 valence electrons. The summed E-state index contributed by atoms with van der Waals surface area (Å²) in [6.45, 7) is 7.75. The lowest BCUT2D eigenvalue weighted by atomic mass is 9.85. The molecule has 31 heavy (non-hydrogen) atoms. The predicted octanol–water partition coefficient (Wildman–Crippen LogP) is 4.75. The number of aromatic nitrogens is 2. The first-order chi connectivity index (χ1) is 14.3. The van der Waals surface area contributed by atoms with E-state index in [1.54, 1.807) is 24.3 Å². The van der Waals surface area contributed by atoms with Crippen LogP contribution in [0.3, 0.4) is 0 Å². The number of aromatic amines is 1. The van der Waals surface area contributed by atoms with Crippen LogP contribution >= 0.6 is 0 Å². The first kappa shape index (κ1) is 21.1. The van der Waals surface area contributed by atoms with Gasteiger partial charge in [0.1, 0.15) is 11.3 Å². The van der Waals surface area contributed by atoms with Crippen LogP contribution in [0, 0.1) is 0 Å². The molecule has 0 saturated heterocycles. The highest BCUT2D eigenvalue weighted by atomic mass is 19.4. The van der Waals surface area contributed by atoms with Gasteiger partial charge in [0.25, 0.3) is 5.91 Å². The summed E-state index contributed by atoms with van der Waals surface area (Å²) in [5.41, 5.74) is 6.80. The van der Waals surface area contributed by atoms with Crippen molar-refractivity contribution in [2.45, 2.75) is 44.9 Å². The largest absolute Gasteiger partial charge is 0.416 e. The Morgan fingerprint density at radius 1 is 1.00 bits per heavy atom. The minimum absolute atomic E-state index is 0.282. The maximum Gasteiger partial charge on any atom is 0.416 e. The van der Waals surface area contributed by atoms with Gasteiger partial charge in [-0.25, -0.2) is 4.98 Å². The van der Waals surface area contributed by atoms with E-state index in [2.05, 4.69) is 15.3 Å². The molecule has 0 atom stereocenters. The van der Waals surface area contributed by atoms with Gasteiger partial charge in [-0.2, -0.15) is 13.2 Å². The molecule has 0 aliphatic carbocycles. The summed E-state index contributed by atoms with van der Waals surface area (Å²) in [6.07, 6.45) is -4.45. The van der Waals surface area contributed by atoms with Crippen molar-refractivity contribution in [2.24, 2.45) is 5.73 Å². The lowest BCUT2D eigenvalue weighted by Crippen LogP contribution is -2.46. The number of alkyl halides is 3. The molecule has 0 unspecified atom stereocenters. The number of carbonyl (C=O) groups is 1. The zero-order chi connectivity index (χ0) is 22.8. The number of hydrogen-bond donors (Lipinski definition) is 3. The number of halogens is 3. The molecule has 2 heterocycles. The molecular weight excluding hydrogens is 405 g/mol. The normalized spacial score (nSPS) is 18.0. The number of primary amides is 1. The lowest BCUT2D eigenvalue weighted by Gasteiger charge is -2.28. The van der Waals surface area contributed by atoms with E-state index in [4.69, 9.17) is 5.73 Å². The van der Waals surface area contributed by atoms with E-state index < -0.39 is 28.7 Å². The van der Waals surface area contributed by atoms with Gasteiger partial charge in [0.2, 0.25) is 0 Å². The predicted molar refractivity (Wildman–Crippen MR) is 114 cm³/mol. The van der Waals surface area contributed by atoms with E-state index in [1.165, 1.54) is 6.07 Å². The van der Waals surface area contributed by atoms with Crippen LogP contribution in [0.4, 0.5) is 13.2 Å². The monoisotopic (exact) mass is 428 g/mol. The number of amides is 1. The van der Waals surface area contributed by atoms with Crippen molar-refractivity contribution in [1.82, 2.24) is 15.3 Å². The van der Waals surface area contributed by atoms with Gasteiger partial charge in [0, 0.05) is 16.7 Å². The van der Waals surface area contributed by atoms with E-state index in [1.807, 2.05) is 27.7 Å². The highest BCUT2D eigenvalue weighted by Crippen LogP contribution is 2.47. The molecule has 0 spiro atoms. The molecule has 0 bridgehead atoms. The van der Waals surface area contributed by atoms with Crippen LogP contribution in [0.25, 0.3) is 22.2 Å². The number of para-hydroxylation sites is 1. The number of carbonyl (C=O) groups excluding carboxylic acids is 1. The third kappa shape index (κ3) is 3.50. The summed E-state index contributed by atoms with van der Waals surface area (Å²) in [5, 5.41) is 3.50. The van der Waals surface area contributed by atoms with Crippen LogP contribution in [0.15, 0.2) is 42.5 Å². The smallest absolute Gasteiger partial charge is 0.366 e. The standard InChI is InChI=1S/C23H23F3N4O/c1-21(2)16(12-7-5-8-13(11-12)23(24,25)26)17(22(3,4)30-21)20-28-15-10-6-9-14(19(27)31)18(15)29-20/h5-11,30H,1-4H3,(H2,27,31)(H,28,29). The summed E-state index contributed by atoms with van der Waals surface area (Å²) < 4.78 is 40.2. The fraction of sp³-hybridized carbons (Fsp3) is 0.304. The van der Waals surface area contributed by atoms with Crippen molar-refractivity contribution in [3.05, 3.63) is 65.0 Å². The van der Waals surface area contributed by atoms with E-state index in [9.17, 15) is 18.0 Å². The molecule has 8 heteroatoms. The number of nitrogens with one attached hydrogen (secondary N) is 2. The first-order valence-corrected chi connectivity index (χ1v) is 9.82. The van der Waals surface area contributed by atoms with Gasteiger partial charge in [-0.3, -0.25) is 10.1 Å². The van der Waals surface area contributed by atoms with Crippen LogP contribution in [0.2, 0.25) is 0 Å². The molecule has 1 aliphatic heterocycles. The lowest BCUT2D eigenvalue weighted by molar-refractivity contribution is -0.137. The number of H-pyrrole nitrogens is 1. The van der Waals surface area contributed by atoms with Gasteiger partial charge in [0.15, 0.2) is 0 Å². The zero-order valence-electron chi connectivity index (χ0n) is 17.6. The molecule has 0 saturated carbocycles. The Morgan fingerprint density at radius 3 is 2.29 bits per heavy atom. The van der Waals surface area contributed by atoms with E-state index in [0.29, 0.717) is 28.0 Å². The Kier molecular flexibility index (Phi) is 4.55. The van der Waals surface area contributed by atoms with Gasteiger partial charge < -0.3 is 10.7 Å². The second-order valence-corrected chi connectivity index (χ2v) is 8.85. The SMILES string of the molecule is CC1(C)NC(C)(C)C(c2nc3c(C(N)=O)cccc3[nH]2)=C1c1cccc(C(F)(F)F)c1. The van der Waals surface area contributed by atoms with Crippen LogP contribution in [0.5, 0.6) is 0 Å². The Bertz CT molecular complexity index is 1240. The summed E-state index contributed by atoms with van der Waals surface area (Å²) in [5.74, 6) is -0.112. The van der Waals surface area contributed by atoms with Crippen LogP contribution in [-0.4, -0.2) is 27.0 Å². The van der Waals surface area contributed by atoms with Gasteiger partial charge in [0.05, 0.1) is 16.6 Å². The number of rotatable bonds is 3. The number of nitrogens with zero attached hydrogens (tertiary/aromatic N) is 1. The van der Waals surface area contributed by atoms with Crippen molar-refractivity contribution in [3.63, 3.8) is 0 Å². The average Bonchev–Trinajstić information content (AvgIpc) is 3.14. The minimum Gasteiger partial charge on any atom is -0.366 e. The molecule has 4 rings (SSSR count). The Labute approximate surface area is 177 Å². The fourth-order valence-corrected chi connectivity index (χ4v) is 4.65. The van der Waals surface area contributed by atoms with Crippen LogP contribution in [0.1, 0.15) is 55.0 Å². The van der Waals surface area contributed by atoms with E-state index >= 15 is 0 Å². The van der Waals surface area contributed by atoms with E-state index in [0.717, 1.165) is 17.7 Å². The maximum absolute atomic E-state index is 13.4. The number of benzene rings is 2. The van der Waals surface area contributed by atoms with Crippen molar-refractivity contribution in [3.8, 4) is 0 Å². The highest BCUT2D eigenvalue weighted by Gasteiger charge is 2.46. The molecule has 1 aliphatic rings. The van der Waals surface area contributed by atoms with Gasteiger partial charge in [-0.1, -0.05) is 18.2 Å². The number of nitrogens with two attached hydrogens (primary N) is 1. The molecule has 1 aromatic heterocycles. The van der Waals surface area contributed by atoms with Crippen LogP contribution in [-0.2, 0) is 6.18 Å². The Balaban J connectivity index is 2.02. The summed E-state index contributed by atoms with van der Waals surface area (Å²) in [7, 11) is 0. The Morgan fingerprint density at radius 2 is 1.65 bits per heavy atom. The van der Waals surface area contributed by atoms with Crippen molar-refractivity contribution in [2.75, 3.05) is 0 Å². The summed E-state index contributed by atoms with van der Waals surface area (Å²) in [6, 6.07) is 10.4. The second-order valence-electron chi connectivity index (χ2n) is 8.85. The van der Waals surface area contributed by atoms with Crippen LogP contribution < -0.4 is 11.1 Å². The molecule has 1 amide bonds. The highest BCUT2D eigenvalue weighted by molar-refractivity contribution is 6.06. The third-order valence-electron chi connectivity index (χ3n) is 5.62. The zero-order valence-corrected chi connectivity index (χ0v) is 17.6. The van der Waals surface area contributed by atoms with E-state index in [-0.39, 0.29) is 5.56 Å². The number of fused-ring (bicyclic) bond motifs is 1. The molecule has 3 aromatic rings. The van der Waals surface area contributed by atoms with Gasteiger partial charge in [-0.15, -0.1) is 0 Å². The number of hydrogen-bond acceptors (Lipinski definition) is 3. The topological polar surface area (TPSA) is 83.8 Å². The first-order valence-electron chi connectivity index (χ1n) is 9.82. The fourth-order valence-electron chi connectivity index (χ4n) is 4.65. The van der Waals surface area contributed by atoms with Gasteiger partial charge in [-0.05, 0) is 63.1 Å². The summed E-state index contributed by atoms with van der Waals surface area (Å²) >= 11 is 0. The van der Waals surface area contributed by atoms with Gasteiger partial charge >= 0.3 is 6.18 Å². The van der Waals surface area contributed by atoms with Crippen molar-refractivity contribution < 1.29 is 18.0 Å². The summed E-state index contributed by atoms with van der Waals surface area (Å²) in [4.78, 5) is 19.7. The molecule has 4 N–H and O–H groups in total. The number of imidazole rings is 1. The Hall–Kier alpha value is -3.13. The maximum atomic E-state index is 13.4. The molecule has 5 nitrogen and oxygen atoms in total. The second kappa shape index (κ2) is 6.68. The van der Waals surface area contributed by atoms with Crippen molar-refractivity contribution in [1.29, 1.82) is 0 Å². The van der Waals surface area contributed by atoms with Crippen molar-refractivity contribution >= 4 is 28.1 Å². The molecule has 0 radical (unpaired) electrons. The molecular formula is C23H23F3N4O. The minimum atomic E-state index is -4.45. The average molecular weight is 428 g/mol. The quantitative estimate of drug-likeness (QED) is 0.563.